The van der Waals surface area contributed by atoms with Gasteiger partial charge in [-0.1, -0.05) is 0 Å². The van der Waals surface area contributed by atoms with Gasteiger partial charge in [0.1, 0.15) is 11.6 Å². The summed E-state index contributed by atoms with van der Waals surface area (Å²) in [4.78, 5) is 10.3. The van der Waals surface area contributed by atoms with Crippen LogP contribution in [0.1, 0.15) is 35.7 Å². The first-order valence-electron chi connectivity index (χ1n) is 10.1. The molecule has 7 nitrogen and oxygen atoms in total. The van der Waals surface area contributed by atoms with Gasteiger partial charge in [-0.2, -0.15) is 5.10 Å². The number of anilines is 1. The third-order valence-electron chi connectivity index (χ3n) is 5.60. The number of rotatable bonds is 6. The minimum absolute atomic E-state index is 0.147. The summed E-state index contributed by atoms with van der Waals surface area (Å²) >= 11 is 0. The molecule has 0 saturated carbocycles. The summed E-state index contributed by atoms with van der Waals surface area (Å²) in [6, 6.07) is 6.13. The van der Waals surface area contributed by atoms with Crippen molar-refractivity contribution in [2.45, 2.75) is 32.6 Å². The third-order valence-corrected chi connectivity index (χ3v) is 5.60. The minimum Gasteiger partial charge on any atom is -0.395 e. The molecule has 1 aliphatic rings. The zero-order valence-electron chi connectivity index (χ0n) is 16.9. The molecule has 2 aromatic heterocycles. The van der Waals surface area contributed by atoms with Crippen LogP contribution in [0, 0.1) is 13.8 Å². The van der Waals surface area contributed by atoms with E-state index in [1.54, 1.807) is 17.7 Å². The smallest absolute Gasteiger partial charge is 0.163 e. The van der Waals surface area contributed by atoms with Crippen LogP contribution in [0.4, 0.5) is 10.2 Å². The van der Waals surface area contributed by atoms with Gasteiger partial charge in [-0.25, -0.2) is 19.0 Å². The Morgan fingerprint density at radius 3 is 2.72 bits per heavy atom. The van der Waals surface area contributed by atoms with E-state index in [2.05, 4.69) is 39.4 Å². The van der Waals surface area contributed by atoms with E-state index in [9.17, 15) is 9.50 Å². The molecular formula is C21H27FN6O. The lowest BCUT2D eigenvalue weighted by Gasteiger charge is -2.24. The molecule has 0 atom stereocenters. The summed E-state index contributed by atoms with van der Waals surface area (Å²) in [6.07, 6.45) is 4.10. The van der Waals surface area contributed by atoms with E-state index in [0.717, 1.165) is 36.8 Å². The van der Waals surface area contributed by atoms with Crippen molar-refractivity contribution in [3.8, 4) is 5.82 Å². The first kappa shape index (κ1) is 19.7. The minimum atomic E-state index is -0.727. The average molecular weight is 398 g/mol. The average Bonchev–Trinajstić information content (AvgIpc) is 3.14. The molecule has 29 heavy (non-hydrogen) atoms. The Morgan fingerprint density at radius 2 is 2.00 bits per heavy atom. The summed E-state index contributed by atoms with van der Waals surface area (Å²) in [5.74, 6) is 2.11. The highest BCUT2D eigenvalue weighted by molar-refractivity contribution is 5.82. The number of benzene rings is 1. The van der Waals surface area contributed by atoms with Crippen molar-refractivity contribution in [3.63, 3.8) is 0 Å². The van der Waals surface area contributed by atoms with E-state index in [0.29, 0.717) is 23.4 Å². The maximum atomic E-state index is 13.4. The zero-order chi connectivity index (χ0) is 20.4. The molecule has 4 rings (SSSR count). The highest BCUT2D eigenvalue weighted by Gasteiger charge is 2.20. The van der Waals surface area contributed by atoms with Gasteiger partial charge < -0.3 is 15.3 Å². The molecule has 0 aliphatic carbocycles. The molecule has 1 saturated heterocycles. The van der Waals surface area contributed by atoms with Gasteiger partial charge in [0.05, 0.1) is 18.3 Å². The normalized spacial score (nSPS) is 15.2. The molecule has 0 radical (unpaired) electrons. The van der Waals surface area contributed by atoms with Crippen molar-refractivity contribution < 1.29 is 9.50 Å². The molecule has 154 valence electrons. The van der Waals surface area contributed by atoms with Gasteiger partial charge >= 0.3 is 0 Å². The third kappa shape index (κ3) is 3.95. The fourth-order valence-corrected chi connectivity index (χ4v) is 4.12. The molecule has 0 bridgehead atoms. The molecule has 8 heteroatoms. The monoisotopic (exact) mass is 398 g/mol. The highest BCUT2D eigenvalue weighted by Crippen LogP contribution is 2.32. The first-order chi connectivity index (χ1) is 14.1. The SMILES string of the molecule is Cc1nc(N(CF)CCO)cc(-n2ncc3cc(C)c(C4CCNCC4)cc32)n1. The largest absolute Gasteiger partial charge is 0.395 e. The fourth-order valence-electron chi connectivity index (χ4n) is 4.12. The van der Waals surface area contributed by atoms with Crippen molar-refractivity contribution >= 4 is 16.7 Å². The Balaban J connectivity index is 1.79. The van der Waals surface area contributed by atoms with Crippen LogP contribution in [0.25, 0.3) is 16.7 Å². The predicted molar refractivity (Wildman–Crippen MR) is 111 cm³/mol. The quantitative estimate of drug-likeness (QED) is 0.622. The number of aryl methyl sites for hydroxylation is 2. The maximum absolute atomic E-state index is 13.4. The predicted octanol–water partition coefficient (Wildman–Crippen LogP) is 2.63. The van der Waals surface area contributed by atoms with Crippen LogP contribution in [-0.2, 0) is 0 Å². The number of aliphatic hydroxyl groups excluding tert-OH is 1. The Morgan fingerprint density at radius 1 is 1.21 bits per heavy atom. The van der Waals surface area contributed by atoms with E-state index < -0.39 is 6.80 Å². The molecule has 1 aromatic carbocycles. The Bertz CT molecular complexity index is 998. The fraction of sp³-hybridized carbons (Fsp3) is 0.476. The molecule has 1 fully saturated rings. The van der Waals surface area contributed by atoms with Crippen molar-refractivity contribution in [1.82, 2.24) is 25.1 Å². The van der Waals surface area contributed by atoms with Crippen molar-refractivity contribution in [2.24, 2.45) is 0 Å². The van der Waals surface area contributed by atoms with E-state index in [4.69, 9.17) is 0 Å². The second-order valence-corrected chi connectivity index (χ2v) is 7.59. The second kappa shape index (κ2) is 8.42. The number of nitrogens with zero attached hydrogens (tertiary/aromatic N) is 5. The molecule has 0 spiro atoms. The number of nitrogens with one attached hydrogen (secondary N) is 1. The number of piperidine rings is 1. The summed E-state index contributed by atoms with van der Waals surface area (Å²) in [6.45, 7) is 5.32. The number of fused-ring (bicyclic) bond motifs is 1. The molecule has 2 N–H and O–H groups in total. The summed E-state index contributed by atoms with van der Waals surface area (Å²) in [7, 11) is 0. The van der Waals surface area contributed by atoms with E-state index >= 15 is 0 Å². The van der Waals surface area contributed by atoms with Gasteiger partial charge in [0.2, 0.25) is 0 Å². The Kier molecular flexibility index (Phi) is 5.73. The van der Waals surface area contributed by atoms with Gasteiger partial charge in [-0.3, -0.25) is 0 Å². The van der Waals surface area contributed by atoms with Gasteiger partial charge in [0, 0.05) is 18.0 Å². The lowest BCUT2D eigenvalue weighted by molar-refractivity contribution is 0.294. The van der Waals surface area contributed by atoms with Crippen LogP contribution in [-0.4, -0.2) is 57.9 Å². The number of alkyl halides is 1. The number of halogens is 1. The topological polar surface area (TPSA) is 79.1 Å². The summed E-state index contributed by atoms with van der Waals surface area (Å²) in [5.41, 5.74) is 3.63. The van der Waals surface area contributed by atoms with Crippen molar-refractivity contribution in [3.05, 3.63) is 41.3 Å². The van der Waals surface area contributed by atoms with Crippen LogP contribution in [0.3, 0.4) is 0 Å². The van der Waals surface area contributed by atoms with E-state index in [1.165, 1.54) is 16.0 Å². The van der Waals surface area contributed by atoms with Gasteiger partial charge in [0.15, 0.2) is 12.6 Å². The number of aliphatic hydroxyl groups is 1. The van der Waals surface area contributed by atoms with E-state index in [1.807, 2.05) is 6.20 Å². The van der Waals surface area contributed by atoms with Gasteiger partial charge in [0.25, 0.3) is 0 Å². The zero-order valence-corrected chi connectivity index (χ0v) is 16.9. The lowest BCUT2D eigenvalue weighted by atomic mass is 9.87. The van der Waals surface area contributed by atoms with Crippen LogP contribution in [0.15, 0.2) is 24.4 Å². The lowest BCUT2D eigenvalue weighted by Crippen LogP contribution is -2.27. The molecule has 1 aliphatic heterocycles. The Hall–Kier alpha value is -2.58. The summed E-state index contributed by atoms with van der Waals surface area (Å²) in [5, 5.41) is 18.2. The number of hydrogen-bond donors (Lipinski definition) is 2. The standard InChI is InChI=1S/C21H27FN6O/c1-14-9-17-12-24-28(19(17)10-18(14)16-3-5-23-6-4-16)21-11-20(25-15(2)26-21)27(13-22)7-8-29/h9-12,16,23,29H,3-8,13H2,1-2H3. The van der Waals surface area contributed by atoms with Gasteiger partial charge in [-0.15, -0.1) is 0 Å². The first-order valence-corrected chi connectivity index (χ1v) is 10.1. The van der Waals surface area contributed by atoms with Gasteiger partial charge in [-0.05, 0) is 69.0 Å². The Labute approximate surface area is 169 Å². The van der Waals surface area contributed by atoms with Crippen LogP contribution in [0.2, 0.25) is 0 Å². The number of aromatic nitrogens is 4. The highest BCUT2D eigenvalue weighted by atomic mass is 19.1. The van der Waals surface area contributed by atoms with Crippen LogP contribution < -0.4 is 10.2 Å². The molecular weight excluding hydrogens is 371 g/mol. The number of hydrogen-bond acceptors (Lipinski definition) is 6. The summed E-state index contributed by atoms with van der Waals surface area (Å²) < 4.78 is 15.2. The van der Waals surface area contributed by atoms with Crippen molar-refractivity contribution in [2.75, 3.05) is 37.9 Å². The van der Waals surface area contributed by atoms with E-state index in [-0.39, 0.29) is 13.2 Å². The molecule has 3 heterocycles. The molecule has 0 amide bonds. The molecule has 0 unspecified atom stereocenters. The van der Waals surface area contributed by atoms with Crippen LogP contribution >= 0.6 is 0 Å². The van der Waals surface area contributed by atoms with Crippen LogP contribution in [0.5, 0.6) is 0 Å². The second-order valence-electron chi connectivity index (χ2n) is 7.59. The van der Waals surface area contributed by atoms with Crippen molar-refractivity contribution in [1.29, 1.82) is 0 Å². The maximum Gasteiger partial charge on any atom is 0.163 e. The molecule has 3 aromatic rings.